The normalized spacial score (nSPS) is 12.4. The summed E-state index contributed by atoms with van der Waals surface area (Å²) >= 11 is 0. The van der Waals surface area contributed by atoms with E-state index in [2.05, 4.69) is 4.72 Å². The number of alkyl halides is 3. The van der Waals surface area contributed by atoms with Crippen molar-refractivity contribution >= 4 is 21.4 Å². The molecular weight excluding hydrogens is 281 g/mol. The fraction of sp³-hybridized carbons (Fsp3) is 0.455. The molecule has 0 atom stereocenters. The van der Waals surface area contributed by atoms with Gasteiger partial charge in [0.15, 0.2) is 0 Å². The Morgan fingerprint density at radius 2 is 1.95 bits per heavy atom. The molecule has 8 heteroatoms. The van der Waals surface area contributed by atoms with Gasteiger partial charge in [0.1, 0.15) is 0 Å². The minimum Gasteiger partial charge on any atom is -0.398 e. The van der Waals surface area contributed by atoms with Crippen molar-refractivity contribution in [1.82, 2.24) is 0 Å². The summed E-state index contributed by atoms with van der Waals surface area (Å²) < 4.78 is 61.3. The number of sulfonamides is 1. The van der Waals surface area contributed by atoms with Crippen molar-refractivity contribution in [2.75, 3.05) is 16.2 Å². The highest BCUT2D eigenvalue weighted by Crippen LogP contribution is 2.24. The molecule has 0 saturated heterocycles. The molecule has 0 unspecified atom stereocenters. The smallest absolute Gasteiger partial charge is 0.389 e. The van der Waals surface area contributed by atoms with Crippen LogP contribution in [0.1, 0.15) is 18.4 Å². The predicted molar refractivity (Wildman–Crippen MR) is 68.3 cm³/mol. The summed E-state index contributed by atoms with van der Waals surface area (Å²) in [5.41, 5.74) is 6.85. The topological polar surface area (TPSA) is 72.2 Å². The van der Waals surface area contributed by atoms with E-state index >= 15 is 0 Å². The average molecular weight is 296 g/mol. The molecular formula is C11H15F3N2O2S. The largest absolute Gasteiger partial charge is 0.398 e. The second-order valence-corrected chi connectivity index (χ2v) is 6.00. The summed E-state index contributed by atoms with van der Waals surface area (Å²) in [7, 11) is -3.80. The van der Waals surface area contributed by atoms with Gasteiger partial charge < -0.3 is 5.73 Å². The molecule has 108 valence electrons. The first-order valence-electron chi connectivity index (χ1n) is 5.53. The van der Waals surface area contributed by atoms with Crippen LogP contribution in [0.4, 0.5) is 24.5 Å². The fourth-order valence-electron chi connectivity index (χ4n) is 1.45. The van der Waals surface area contributed by atoms with Gasteiger partial charge in [-0.1, -0.05) is 6.07 Å². The zero-order valence-electron chi connectivity index (χ0n) is 10.3. The van der Waals surface area contributed by atoms with Crippen LogP contribution in [0.25, 0.3) is 0 Å². The first kappa shape index (κ1) is 15.6. The molecule has 0 fully saturated rings. The Balaban J connectivity index is 2.67. The van der Waals surface area contributed by atoms with Crippen LogP contribution >= 0.6 is 0 Å². The molecule has 0 heterocycles. The molecule has 19 heavy (non-hydrogen) atoms. The lowest BCUT2D eigenvalue weighted by Gasteiger charge is -2.12. The third kappa shape index (κ3) is 5.37. The van der Waals surface area contributed by atoms with E-state index in [-0.39, 0.29) is 5.69 Å². The maximum Gasteiger partial charge on any atom is 0.389 e. The molecule has 0 radical (unpaired) electrons. The minimum absolute atomic E-state index is 0.284. The van der Waals surface area contributed by atoms with Crippen molar-refractivity contribution in [3.63, 3.8) is 0 Å². The highest BCUT2D eigenvalue weighted by atomic mass is 32.2. The Bertz CT molecular complexity index is 541. The molecule has 3 N–H and O–H groups in total. The third-order valence-corrected chi connectivity index (χ3v) is 3.87. The van der Waals surface area contributed by atoms with E-state index in [1.807, 2.05) is 0 Å². The Kier molecular flexibility index (Phi) is 4.67. The van der Waals surface area contributed by atoms with Crippen LogP contribution in [0.5, 0.6) is 0 Å². The van der Waals surface area contributed by atoms with Gasteiger partial charge >= 0.3 is 6.18 Å². The standard InChI is InChI=1S/C11H15F3N2O2S/c1-8-9(15)4-2-5-10(8)16-19(17,18)7-3-6-11(12,13)14/h2,4-5,16H,3,6-7,15H2,1H3. The molecule has 1 aromatic carbocycles. The van der Waals surface area contributed by atoms with Crippen molar-refractivity contribution < 1.29 is 21.6 Å². The second-order valence-electron chi connectivity index (χ2n) is 4.16. The maximum atomic E-state index is 11.9. The lowest BCUT2D eigenvalue weighted by atomic mass is 10.2. The molecule has 0 bridgehead atoms. The van der Waals surface area contributed by atoms with Crippen molar-refractivity contribution in [2.24, 2.45) is 0 Å². The Morgan fingerprint density at radius 1 is 1.32 bits per heavy atom. The quantitative estimate of drug-likeness (QED) is 0.820. The highest BCUT2D eigenvalue weighted by Gasteiger charge is 2.27. The monoisotopic (exact) mass is 296 g/mol. The van der Waals surface area contributed by atoms with E-state index in [1.54, 1.807) is 19.1 Å². The van der Waals surface area contributed by atoms with Crippen LogP contribution in [-0.2, 0) is 10.0 Å². The number of nitrogen functional groups attached to an aromatic ring is 1. The molecule has 1 aromatic rings. The molecule has 0 amide bonds. The third-order valence-electron chi connectivity index (χ3n) is 2.51. The van der Waals surface area contributed by atoms with Gasteiger partial charge in [0.2, 0.25) is 10.0 Å². The first-order chi connectivity index (χ1) is 8.61. The minimum atomic E-state index is -4.34. The number of nitrogens with two attached hydrogens (primary N) is 1. The maximum absolute atomic E-state index is 11.9. The lowest BCUT2D eigenvalue weighted by Crippen LogP contribution is -2.19. The van der Waals surface area contributed by atoms with Crippen LogP contribution in [0.2, 0.25) is 0 Å². The van der Waals surface area contributed by atoms with E-state index in [0.717, 1.165) is 0 Å². The molecule has 0 spiro atoms. The van der Waals surface area contributed by atoms with E-state index in [1.165, 1.54) is 6.07 Å². The summed E-state index contributed by atoms with van der Waals surface area (Å²) in [5.74, 6) is -0.583. The molecule has 0 aliphatic carbocycles. The van der Waals surface area contributed by atoms with E-state index in [0.29, 0.717) is 11.3 Å². The summed E-state index contributed by atoms with van der Waals surface area (Å²) in [6.45, 7) is 1.63. The van der Waals surface area contributed by atoms with Gasteiger partial charge in [0.25, 0.3) is 0 Å². The SMILES string of the molecule is Cc1c(N)cccc1NS(=O)(=O)CCCC(F)(F)F. The zero-order valence-corrected chi connectivity index (χ0v) is 11.1. The number of nitrogens with one attached hydrogen (secondary N) is 1. The summed E-state index contributed by atoms with van der Waals surface area (Å²) in [4.78, 5) is 0. The number of rotatable bonds is 5. The van der Waals surface area contributed by atoms with Gasteiger partial charge in [-0.05, 0) is 31.0 Å². The Hall–Kier alpha value is -1.44. The molecule has 1 rings (SSSR count). The zero-order chi connectivity index (χ0) is 14.7. The molecule has 0 aromatic heterocycles. The van der Waals surface area contributed by atoms with Gasteiger partial charge in [-0.15, -0.1) is 0 Å². The van der Waals surface area contributed by atoms with E-state index in [4.69, 9.17) is 5.73 Å². The van der Waals surface area contributed by atoms with Crippen molar-refractivity contribution in [2.45, 2.75) is 25.9 Å². The van der Waals surface area contributed by atoms with Gasteiger partial charge in [-0.25, -0.2) is 8.42 Å². The molecule has 0 aliphatic heterocycles. The van der Waals surface area contributed by atoms with Gasteiger partial charge in [-0.2, -0.15) is 13.2 Å². The Labute approximate surface area is 109 Å². The lowest BCUT2D eigenvalue weighted by molar-refractivity contribution is -0.134. The number of hydrogen-bond acceptors (Lipinski definition) is 3. The summed E-state index contributed by atoms with van der Waals surface area (Å²) in [5, 5.41) is 0. The van der Waals surface area contributed by atoms with E-state index in [9.17, 15) is 21.6 Å². The van der Waals surface area contributed by atoms with Crippen LogP contribution < -0.4 is 10.5 Å². The highest BCUT2D eigenvalue weighted by molar-refractivity contribution is 7.92. The Morgan fingerprint density at radius 3 is 2.53 bits per heavy atom. The molecule has 4 nitrogen and oxygen atoms in total. The fourth-order valence-corrected chi connectivity index (χ4v) is 2.63. The molecule has 0 aliphatic rings. The second kappa shape index (κ2) is 5.68. The summed E-state index contributed by atoms with van der Waals surface area (Å²) in [6, 6.07) is 4.68. The number of halogens is 3. The summed E-state index contributed by atoms with van der Waals surface area (Å²) in [6.07, 6.45) is -5.94. The number of anilines is 2. The van der Waals surface area contributed by atoms with E-state index < -0.39 is 34.8 Å². The average Bonchev–Trinajstić information content (AvgIpc) is 2.22. The number of hydrogen-bond donors (Lipinski definition) is 2. The predicted octanol–water partition coefficient (Wildman–Crippen LogP) is 2.66. The number of benzene rings is 1. The van der Waals surface area contributed by atoms with Crippen LogP contribution in [0, 0.1) is 6.92 Å². The van der Waals surface area contributed by atoms with Crippen molar-refractivity contribution in [1.29, 1.82) is 0 Å². The van der Waals surface area contributed by atoms with Gasteiger partial charge in [0, 0.05) is 12.1 Å². The van der Waals surface area contributed by atoms with Crippen LogP contribution in [0.15, 0.2) is 18.2 Å². The van der Waals surface area contributed by atoms with Gasteiger partial charge in [0.05, 0.1) is 11.4 Å². The van der Waals surface area contributed by atoms with Crippen molar-refractivity contribution in [3.8, 4) is 0 Å². The van der Waals surface area contributed by atoms with Gasteiger partial charge in [-0.3, -0.25) is 4.72 Å². The first-order valence-corrected chi connectivity index (χ1v) is 7.18. The molecule has 0 saturated carbocycles. The van der Waals surface area contributed by atoms with Crippen LogP contribution in [0.3, 0.4) is 0 Å². The van der Waals surface area contributed by atoms with Crippen molar-refractivity contribution in [3.05, 3.63) is 23.8 Å². The van der Waals surface area contributed by atoms with Crippen LogP contribution in [-0.4, -0.2) is 20.3 Å².